The van der Waals surface area contributed by atoms with Gasteiger partial charge in [-0.25, -0.2) is 0 Å². The molecular formula is C7H14IN. The van der Waals surface area contributed by atoms with Gasteiger partial charge in [0.05, 0.1) is 0 Å². The molecule has 1 N–H and O–H groups in total. The lowest BCUT2D eigenvalue weighted by atomic mass is 9.90. The highest BCUT2D eigenvalue weighted by molar-refractivity contribution is 14.1. The van der Waals surface area contributed by atoms with E-state index in [2.05, 4.69) is 26.4 Å². The van der Waals surface area contributed by atoms with E-state index in [1.165, 1.54) is 38.6 Å². The Bertz CT molecular complexity index is 66.6. The summed E-state index contributed by atoms with van der Waals surface area (Å²) in [6.07, 6.45) is 7.30. The van der Waals surface area contributed by atoms with Crippen LogP contribution < -0.4 is 3.53 Å². The second kappa shape index (κ2) is 4.50. The molecule has 0 heterocycles. The smallest absolute Gasteiger partial charge is 0.0169 e. The molecular weight excluding hydrogens is 225 g/mol. The maximum Gasteiger partial charge on any atom is 0.0169 e. The average molecular weight is 239 g/mol. The first-order valence-electron chi connectivity index (χ1n) is 3.77. The van der Waals surface area contributed by atoms with Gasteiger partial charge in [-0.2, -0.15) is 0 Å². The molecule has 0 atom stereocenters. The summed E-state index contributed by atoms with van der Waals surface area (Å²) in [4.78, 5) is 0. The summed E-state index contributed by atoms with van der Waals surface area (Å²) in [5.74, 6) is 0.982. The minimum atomic E-state index is 0.982. The molecule has 0 spiro atoms. The summed E-state index contributed by atoms with van der Waals surface area (Å²) in [6.45, 7) is 1.22. The Labute approximate surface area is 71.1 Å². The van der Waals surface area contributed by atoms with E-state index in [0.29, 0.717) is 0 Å². The monoisotopic (exact) mass is 239 g/mol. The second-order valence-electron chi connectivity index (χ2n) is 2.84. The fourth-order valence-corrected chi connectivity index (χ4v) is 2.12. The third-order valence-electron chi connectivity index (χ3n) is 2.09. The van der Waals surface area contributed by atoms with Gasteiger partial charge in [-0.3, -0.25) is 3.53 Å². The van der Waals surface area contributed by atoms with Crippen LogP contribution in [0.1, 0.15) is 32.1 Å². The molecule has 1 fully saturated rings. The SMILES string of the molecule is INCC1CCCCC1. The van der Waals surface area contributed by atoms with E-state index in [9.17, 15) is 0 Å². The Morgan fingerprint density at radius 1 is 1.22 bits per heavy atom. The Balaban J connectivity index is 2.08. The summed E-state index contributed by atoms with van der Waals surface area (Å²) < 4.78 is 3.21. The van der Waals surface area contributed by atoms with Crippen molar-refractivity contribution in [3.63, 3.8) is 0 Å². The molecule has 9 heavy (non-hydrogen) atoms. The second-order valence-corrected chi connectivity index (χ2v) is 3.60. The highest BCUT2D eigenvalue weighted by Gasteiger charge is 2.11. The Morgan fingerprint density at radius 3 is 2.44 bits per heavy atom. The van der Waals surface area contributed by atoms with Crippen LogP contribution in [0, 0.1) is 5.92 Å². The third kappa shape index (κ3) is 2.85. The van der Waals surface area contributed by atoms with Crippen LogP contribution in [0.4, 0.5) is 0 Å². The lowest BCUT2D eigenvalue weighted by Gasteiger charge is -2.20. The highest BCUT2D eigenvalue weighted by atomic mass is 127. The zero-order valence-corrected chi connectivity index (χ0v) is 7.86. The lowest BCUT2D eigenvalue weighted by Crippen LogP contribution is -2.16. The molecule has 1 aliphatic carbocycles. The molecule has 0 aromatic carbocycles. The van der Waals surface area contributed by atoms with E-state index in [4.69, 9.17) is 0 Å². The normalized spacial score (nSPS) is 22.3. The van der Waals surface area contributed by atoms with Crippen LogP contribution in [0.3, 0.4) is 0 Å². The van der Waals surface area contributed by atoms with Crippen LogP contribution in [0.5, 0.6) is 0 Å². The summed E-state index contributed by atoms with van der Waals surface area (Å²) in [7, 11) is 0. The number of hydrogen-bond donors (Lipinski definition) is 1. The number of rotatable bonds is 2. The van der Waals surface area contributed by atoms with Gasteiger partial charge in [-0.15, -0.1) is 0 Å². The van der Waals surface area contributed by atoms with Crippen LogP contribution in [0.15, 0.2) is 0 Å². The van der Waals surface area contributed by atoms with Gasteiger partial charge in [0.15, 0.2) is 0 Å². The van der Waals surface area contributed by atoms with Gasteiger partial charge in [0.2, 0.25) is 0 Å². The molecule has 0 aromatic heterocycles. The van der Waals surface area contributed by atoms with Crippen LogP contribution in [0.25, 0.3) is 0 Å². The standard InChI is InChI=1S/C7H14IN/c8-9-6-7-4-2-1-3-5-7/h7,9H,1-6H2. The van der Waals surface area contributed by atoms with Gasteiger partial charge in [-0.1, -0.05) is 19.3 Å². The number of halogens is 1. The third-order valence-corrected chi connectivity index (χ3v) is 2.53. The van der Waals surface area contributed by atoms with E-state index in [-0.39, 0.29) is 0 Å². The zero-order chi connectivity index (χ0) is 6.53. The van der Waals surface area contributed by atoms with Crippen LogP contribution in [-0.2, 0) is 0 Å². The molecule has 0 radical (unpaired) electrons. The van der Waals surface area contributed by atoms with Gasteiger partial charge in [0.25, 0.3) is 0 Å². The van der Waals surface area contributed by atoms with E-state index in [1.54, 1.807) is 0 Å². The minimum Gasteiger partial charge on any atom is -0.261 e. The fourth-order valence-electron chi connectivity index (χ4n) is 1.50. The first-order chi connectivity index (χ1) is 4.43. The van der Waals surface area contributed by atoms with Crippen LogP contribution >= 0.6 is 22.9 Å². The van der Waals surface area contributed by atoms with Gasteiger partial charge in [0.1, 0.15) is 0 Å². The average Bonchev–Trinajstić information content (AvgIpc) is 1.91. The van der Waals surface area contributed by atoms with Crippen molar-refractivity contribution in [3.05, 3.63) is 0 Å². The van der Waals surface area contributed by atoms with E-state index >= 15 is 0 Å². The molecule has 1 nitrogen and oxygen atoms in total. The largest absolute Gasteiger partial charge is 0.261 e. The predicted octanol–water partition coefficient (Wildman–Crippen LogP) is 2.51. The van der Waals surface area contributed by atoms with E-state index in [1.807, 2.05) is 0 Å². The van der Waals surface area contributed by atoms with Crippen molar-refractivity contribution in [2.24, 2.45) is 5.92 Å². The fraction of sp³-hybridized carbons (Fsp3) is 1.00. The Morgan fingerprint density at radius 2 is 1.89 bits per heavy atom. The van der Waals surface area contributed by atoms with Gasteiger partial charge in [-0.05, 0) is 18.8 Å². The summed E-state index contributed by atoms with van der Waals surface area (Å²) >= 11 is 2.24. The van der Waals surface area contributed by atoms with Crippen molar-refractivity contribution >= 4 is 22.9 Å². The van der Waals surface area contributed by atoms with Gasteiger partial charge >= 0.3 is 0 Å². The predicted molar refractivity (Wildman–Crippen MR) is 48.6 cm³/mol. The van der Waals surface area contributed by atoms with Crippen molar-refractivity contribution in [1.29, 1.82) is 0 Å². The Kier molecular flexibility index (Phi) is 3.89. The Hall–Kier alpha value is 0.690. The van der Waals surface area contributed by atoms with Crippen molar-refractivity contribution in [2.45, 2.75) is 32.1 Å². The lowest BCUT2D eigenvalue weighted by molar-refractivity contribution is 0.362. The highest BCUT2D eigenvalue weighted by Crippen LogP contribution is 2.22. The number of hydrogen-bond acceptors (Lipinski definition) is 1. The molecule has 1 saturated carbocycles. The summed E-state index contributed by atoms with van der Waals surface area (Å²) in [5, 5.41) is 0. The van der Waals surface area contributed by atoms with E-state index in [0.717, 1.165) is 5.92 Å². The van der Waals surface area contributed by atoms with Crippen molar-refractivity contribution in [2.75, 3.05) is 6.54 Å². The van der Waals surface area contributed by atoms with Crippen molar-refractivity contribution < 1.29 is 0 Å². The molecule has 1 aliphatic rings. The minimum absolute atomic E-state index is 0.982. The molecule has 0 unspecified atom stereocenters. The zero-order valence-electron chi connectivity index (χ0n) is 5.70. The van der Waals surface area contributed by atoms with Gasteiger partial charge < -0.3 is 0 Å². The molecule has 2 heteroatoms. The topological polar surface area (TPSA) is 12.0 Å². The quantitative estimate of drug-likeness (QED) is 0.576. The van der Waals surface area contributed by atoms with E-state index < -0.39 is 0 Å². The van der Waals surface area contributed by atoms with Crippen LogP contribution in [0.2, 0.25) is 0 Å². The van der Waals surface area contributed by atoms with Crippen molar-refractivity contribution in [3.8, 4) is 0 Å². The molecule has 0 saturated heterocycles. The van der Waals surface area contributed by atoms with Crippen LogP contribution in [-0.4, -0.2) is 6.54 Å². The summed E-state index contributed by atoms with van der Waals surface area (Å²) in [5.41, 5.74) is 0. The molecule has 1 rings (SSSR count). The maximum absolute atomic E-state index is 3.21. The molecule has 0 bridgehead atoms. The maximum atomic E-state index is 3.21. The molecule has 0 aromatic rings. The molecule has 0 amide bonds. The van der Waals surface area contributed by atoms with Crippen molar-refractivity contribution in [1.82, 2.24) is 3.53 Å². The summed E-state index contributed by atoms with van der Waals surface area (Å²) in [6, 6.07) is 0. The molecule has 0 aliphatic heterocycles. The number of nitrogens with one attached hydrogen (secondary N) is 1. The first kappa shape index (κ1) is 7.79. The molecule has 54 valence electrons. The van der Waals surface area contributed by atoms with Gasteiger partial charge in [0, 0.05) is 29.4 Å². The first-order valence-corrected chi connectivity index (χ1v) is 4.85.